The van der Waals surface area contributed by atoms with Crippen molar-refractivity contribution in [2.75, 3.05) is 0 Å². The predicted octanol–water partition coefficient (Wildman–Crippen LogP) is 7.38. The van der Waals surface area contributed by atoms with Crippen molar-refractivity contribution in [2.24, 2.45) is 11.1 Å². The molecule has 0 radical (unpaired) electrons. The summed E-state index contributed by atoms with van der Waals surface area (Å²) in [5.41, 5.74) is 3.39. The van der Waals surface area contributed by atoms with Crippen LogP contribution in [0, 0.1) is 18.2 Å². The summed E-state index contributed by atoms with van der Waals surface area (Å²) in [5.74, 6) is -1.05. The predicted molar refractivity (Wildman–Crippen MR) is 110 cm³/mol. The van der Waals surface area contributed by atoms with Gasteiger partial charge in [0.1, 0.15) is 11.9 Å². The maximum Gasteiger partial charge on any atom is 0.417 e. The minimum absolute atomic E-state index is 0.0810. The van der Waals surface area contributed by atoms with Crippen molar-refractivity contribution >= 4 is 10.9 Å². The van der Waals surface area contributed by atoms with E-state index >= 15 is 4.39 Å². The van der Waals surface area contributed by atoms with Gasteiger partial charge < -0.3 is 10.3 Å². The first-order valence-electron chi connectivity index (χ1n) is 9.82. The van der Waals surface area contributed by atoms with Gasteiger partial charge in [-0.3, -0.25) is 0 Å². The summed E-state index contributed by atoms with van der Waals surface area (Å²) in [7, 11) is 0. The lowest BCUT2D eigenvalue weighted by molar-refractivity contribution is -0.148. The number of benzene rings is 2. The van der Waals surface area contributed by atoms with Crippen LogP contribution in [0.3, 0.4) is 0 Å². The largest absolute Gasteiger partial charge is 0.417 e. The molecule has 174 valence electrons. The van der Waals surface area contributed by atoms with Crippen LogP contribution in [0.15, 0.2) is 36.5 Å². The third-order valence-corrected chi connectivity index (χ3v) is 5.18. The minimum Gasteiger partial charge on any atom is -0.347 e. The van der Waals surface area contributed by atoms with E-state index < -0.39 is 29.8 Å². The SMILES string of the molecule is Cc1cccc(C(F)(F)F)c1-c1cc2c(cc1F)c([C@H](N)C(F)(F)F)cn2CC(C)(C)C. The van der Waals surface area contributed by atoms with Crippen LogP contribution in [0.25, 0.3) is 22.0 Å². The molecule has 3 aromatic rings. The number of nitrogens with two attached hydrogens (primary N) is 1. The number of alkyl halides is 6. The van der Waals surface area contributed by atoms with Gasteiger partial charge >= 0.3 is 12.4 Å². The molecule has 0 aliphatic carbocycles. The van der Waals surface area contributed by atoms with Gasteiger partial charge in [0.25, 0.3) is 0 Å². The molecule has 0 fully saturated rings. The van der Waals surface area contributed by atoms with Crippen LogP contribution in [0.5, 0.6) is 0 Å². The van der Waals surface area contributed by atoms with Gasteiger partial charge in [-0.05, 0) is 41.7 Å². The Hall–Kier alpha value is -2.55. The normalized spacial score (nSPS) is 14.2. The van der Waals surface area contributed by atoms with Gasteiger partial charge in [0.15, 0.2) is 0 Å². The van der Waals surface area contributed by atoms with Crippen molar-refractivity contribution in [3.63, 3.8) is 0 Å². The molecule has 1 aromatic heterocycles. The van der Waals surface area contributed by atoms with Crippen LogP contribution in [0.2, 0.25) is 0 Å². The van der Waals surface area contributed by atoms with Crippen LogP contribution >= 0.6 is 0 Å². The van der Waals surface area contributed by atoms with Crippen molar-refractivity contribution in [2.45, 2.75) is 52.6 Å². The van der Waals surface area contributed by atoms with Crippen molar-refractivity contribution in [1.82, 2.24) is 4.57 Å². The molecular weight excluding hydrogens is 437 g/mol. The lowest BCUT2D eigenvalue weighted by Crippen LogP contribution is -2.28. The molecule has 2 nitrogen and oxygen atoms in total. The fourth-order valence-electron chi connectivity index (χ4n) is 3.86. The van der Waals surface area contributed by atoms with Crippen molar-refractivity contribution in [1.29, 1.82) is 0 Å². The molecule has 0 aliphatic heterocycles. The summed E-state index contributed by atoms with van der Waals surface area (Å²) in [6.45, 7) is 7.24. The maximum absolute atomic E-state index is 15.1. The van der Waals surface area contributed by atoms with Gasteiger partial charge in [0.2, 0.25) is 0 Å². The molecule has 3 rings (SSSR count). The summed E-state index contributed by atoms with van der Waals surface area (Å²) in [6, 6.07) is 3.16. The standard InChI is InChI=1S/C23H23F7N2/c1-12-6-5-7-16(22(25,26)27)19(12)14-9-18-13(8-17(14)24)15(20(31)23(28,29)30)10-32(18)11-21(2,3)4/h5-10,20H,11,31H2,1-4H3/t20-/m0/s1. The van der Waals surface area contributed by atoms with Gasteiger partial charge in [-0.25, -0.2) is 4.39 Å². The van der Waals surface area contributed by atoms with Crippen molar-refractivity contribution in [3.8, 4) is 11.1 Å². The van der Waals surface area contributed by atoms with Crippen LogP contribution in [0.4, 0.5) is 30.7 Å². The van der Waals surface area contributed by atoms with Crippen molar-refractivity contribution < 1.29 is 30.7 Å². The fourth-order valence-corrected chi connectivity index (χ4v) is 3.86. The first kappa shape index (κ1) is 24.1. The zero-order valence-corrected chi connectivity index (χ0v) is 17.9. The second kappa shape index (κ2) is 7.79. The van der Waals surface area contributed by atoms with Gasteiger partial charge in [0, 0.05) is 34.8 Å². The van der Waals surface area contributed by atoms with Crippen LogP contribution in [0.1, 0.15) is 43.5 Å². The average molecular weight is 460 g/mol. The van der Waals surface area contributed by atoms with E-state index in [0.29, 0.717) is 0 Å². The van der Waals surface area contributed by atoms with Crippen LogP contribution < -0.4 is 5.73 Å². The Balaban J connectivity index is 2.37. The number of aromatic nitrogens is 1. The summed E-state index contributed by atoms with van der Waals surface area (Å²) in [6.07, 6.45) is -8.30. The van der Waals surface area contributed by atoms with E-state index in [9.17, 15) is 26.3 Å². The van der Waals surface area contributed by atoms with Crippen LogP contribution in [-0.2, 0) is 12.7 Å². The zero-order chi connectivity index (χ0) is 24.2. The van der Waals surface area contributed by atoms with Gasteiger partial charge in [-0.1, -0.05) is 32.9 Å². The van der Waals surface area contributed by atoms with Gasteiger partial charge in [0.05, 0.1) is 5.56 Å². The molecule has 2 aromatic carbocycles. The minimum atomic E-state index is -4.77. The topological polar surface area (TPSA) is 30.9 Å². The Labute approximate surface area is 180 Å². The van der Waals surface area contributed by atoms with Crippen LogP contribution in [-0.4, -0.2) is 10.7 Å². The summed E-state index contributed by atoms with van der Waals surface area (Å²) < 4.78 is 97.5. The number of nitrogens with zero attached hydrogens (tertiary/aromatic N) is 1. The van der Waals surface area contributed by atoms with E-state index in [1.807, 2.05) is 20.8 Å². The molecule has 2 N–H and O–H groups in total. The Bertz CT molecular complexity index is 1150. The summed E-state index contributed by atoms with van der Waals surface area (Å²) in [4.78, 5) is 0. The molecule has 0 saturated heterocycles. The van der Waals surface area contributed by atoms with E-state index in [1.165, 1.54) is 35.9 Å². The van der Waals surface area contributed by atoms with E-state index in [2.05, 4.69) is 0 Å². The number of fused-ring (bicyclic) bond motifs is 1. The summed E-state index contributed by atoms with van der Waals surface area (Å²) in [5, 5.41) is -0.0810. The molecule has 0 bridgehead atoms. The quantitative estimate of drug-likeness (QED) is 0.406. The van der Waals surface area contributed by atoms with Crippen molar-refractivity contribution in [3.05, 3.63) is 59.0 Å². The molecule has 0 unspecified atom stereocenters. The third kappa shape index (κ3) is 4.62. The number of hydrogen-bond donors (Lipinski definition) is 1. The maximum atomic E-state index is 15.1. The molecular formula is C23H23F7N2. The first-order valence-corrected chi connectivity index (χ1v) is 9.82. The van der Waals surface area contributed by atoms with Gasteiger partial charge in [-0.2, -0.15) is 26.3 Å². The van der Waals surface area contributed by atoms with E-state index in [0.717, 1.165) is 12.1 Å². The Morgan fingerprint density at radius 3 is 2.16 bits per heavy atom. The van der Waals surface area contributed by atoms with Gasteiger partial charge in [-0.15, -0.1) is 0 Å². The molecule has 0 aliphatic rings. The second-order valence-corrected chi connectivity index (χ2v) is 9.14. The number of rotatable bonds is 3. The zero-order valence-electron chi connectivity index (χ0n) is 17.9. The van der Waals surface area contributed by atoms with E-state index in [1.54, 1.807) is 0 Å². The third-order valence-electron chi connectivity index (χ3n) is 5.18. The summed E-state index contributed by atoms with van der Waals surface area (Å²) >= 11 is 0. The Morgan fingerprint density at radius 1 is 1.00 bits per heavy atom. The first-order chi connectivity index (χ1) is 14.5. The molecule has 0 amide bonds. The number of aryl methyl sites for hydroxylation is 1. The molecule has 0 saturated carbocycles. The van der Waals surface area contributed by atoms with E-state index in [-0.39, 0.29) is 45.1 Å². The molecule has 1 atom stereocenters. The molecule has 0 spiro atoms. The lowest BCUT2D eigenvalue weighted by Gasteiger charge is -2.20. The smallest absolute Gasteiger partial charge is 0.347 e. The second-order valence-electron chi connectivity index (χ2n) is 9.14. The highest BCUT2D eigenvalue weighted by atomic mass is 19.4. The Morgan fingerprint density at radius 2 is 1.62 bits per heavy atom. The van der Waals surface area contributed by atoms with E-state index in [4.69, 9.17) is 5.73 Å². The molecule has 9 heteroatoms. The lowest BCUT2D eigenvalue weighted by atomic mass is 9.92. The number of halogens is 7. The molecule has 32 heavy (non-hydrogen) atoms. The number of hydrogen-bond acceptors (Lipinski definition) is 1. The fraction of sp³-hybridized carbons (Fsp3) is 0.391. The average Bonchev–Trinajstić information content (AvgIpc) is 2.94. The molecule has 1 heterocycles. The Kier molecular flexibility index (Phi) is 5.87. The monoisotopic (exact) mass is 460 g/mol. The highest BCUT2D eigenvalue weighted by molar-refractivity contribution is 5.90. The highest BCUT2D eigenvalue weighted by Crippen LogP contribution is 2.43. The highest BCUT2D eigenvalue weighted by Gasteiger charge is 2.40.